The van der Waals surface area contributed by atoms with Crippen molar-refractivity contribution in [2.45, 2.75) is 85.0 Å². The zero-order valence-corrected chi connectivity index (χ0v) is 22.8. The van der Waals surface area contributed by atoms with Crippen molar-refractivity contribution in [1.29, 1.82) is 0 Å². The molecular formula is C25H32O15. The quantitative estimate of drug-likeness (QED) is 0.110. The van der Waals surface area contributed by atoms with Crippen LogP contribution in [0, 0.1) is 0 Å². The molecule has 15 nitrogen and oxygen atoms in total. The molecule has 0 aliphatic heterocycles. The van der Waals surface area contributed by atoms with E-state index in [1.807, 2.05) is 0 Å². The zero-order chi connectivity index (χ0) is 31.0. The van der Waals surface area contributed by atoms with E-state index in [-0.39, 0.29) is 0 Å². The van der Waals surface area contributed by atoms with E-state index in [0.717, 1.165) is 34.6 Å². The number of ether oxygens (including phenoxy) is 5. The number of rotatable bonds is 19. The van der Waals surface area contributed by atoms with Crippen molar-refractivity contribution in [1.82, 2.24) is 0 Å². The third kappa shape index (κ3) is 17.3. The van der Waals surface area contributed by atoms with Crippen LogP contribution in [0.1, 0.15) is 66.7 Å². The van der Waals surface area contributed by atoms with Crippen molar-refractivity contribution in [2.24, 2.45) is 0 Å². The maximum Gasteiger partial charge on any atom is 0.313 e. The molecule has 15 heteroatoms. The molecule has 0 aliphatic rings. The summed E-state index contributed by atoms with van der Waals surface area (Å²) in [5.74, 6) is -8.82. The molecule has 1 unspecified atom stereocenters. The minimum absolute atomic E-state index is 0.576. The molecule has 3 atom stereocenters. The lowest BCUT2D eigenvalue weighted by molar-refractivity contribution is -0.197. The van der Waals surface area contributed by atoms with Crippen molar-refractivity contribution in [3.8, 4) is 0 Å². The van der Waals surface area contributed by atoms with Gasteiger partial charge in [0.25, 0.3) is 0 Å². The van der Waals surface area contributed by atoms with Crippen LogP contribution in [-0.2, 0) is 71.6 Å². The topological polar surface area (TPSA) is 217 Å². The van der Waals surface area contributed by atoms with Gasteiger partial charge in [-0.2, -0.15) is 0 Å². The third-order valence-electron chi connectivity index (χ3n) is 4.35. The van der Waals surface area contributed by atoms with Crippen LogP contribution in [0.15, 0.2) is 0 Å². The number of ketones is 5. The van der Waals surface area contributed by atoms with Gasteiger partial charge in [0.2, 0.25) is 0 Å². The Morgan fingerprint density at radius 3 is 0.925 bits per heavy atom. The fourth-order valence-electron chi connectivity index (χ4n) is 2.87. The molecule has 0 aromatic rings. The summed E-state index contributed by atoms with van der Waals surface area (Å²) in [5, 5.41) is 0. The van der Waals surface area contributed by atoms with Crippen LogP contribution in [0.2, 0.25) is 0 Å². The number of hydrogen-bond donors (Lipinski definition) is 0. The fourth-order valence-corrected chi connectivity index (χ4v) is 2.87. The van der Waals surface area contributed by atoms with Gasteiger partial charge in [-0.15, -0.1) is 0 Å². The first-order valence-corrected chi connectivity index (χ1v) is 11.9. The van der Waals surface area contributed by atoms with E-state index in [0.29, 0.717) is 0 Å². The Kier molecular flexibility index (Phi) is 16.1. The second kappa shape index (κ2) is 18.1. The highest BCUT2D eigenvalue weighted by Crippen LogP contribution is 2.18. The van der Waals surface area contributed by atoms with Crippen LogP contribution in [-0.4, -0.2) is 90.3 Å². The lowest BCUT2D eigenvalue weighted by Crippen LogP contribution is -2.50. The summed E-state index contributed by atoms with van der Waals surface area (Å²) < 4.78 is 25.4. The molecule has 0 aromatic heterocycles. The van der Waals surface area contributed by atoms with Gasteiger partial charge in [0.1, 0.15) is 74.2 Å². The largest absolute Gasteiger partial charge is 0.461 e. The van der Waals surface area contributed by atoms with Crippen molar-refractivity contribution < 1.29 is 71.6 Å². The first kappa shape index (κ1) is 35.7. The number of esters is 5. The molecule has 0 heterocycles. The molecule has 0 radical (unpaired) electrons. The fraction of sp³-hybridized carbons (Fsp3) is 0.600. The summed E-state index contributed by atoms with van der Waals surface area (Å²) in [6.45, 7) is 3.56. The molecule has 0 fully saturated rings. The number of carbonyl (C=O) groups is 10. The summed E-state index contributed by atoms with van der Waals surface area (Å²) in [5.41, 5.74) is 0. The Balaban J connectivity index is 6.49. The van der Waals surface area contributed by atoms with Gasteiger partial charge in [-0.1, -0.05) is 0 Å². The van der Waals surface area contributed by atoms with Gasteiger partial charge in [0.05, 0.1) is 0 Å². The van der Waals surface area contributed by atoms with Crippen LogP contribution in [0.3, 0.4) is 0 Å². The summed E-state index contributed by atoms with van der Waals surface area (Å²) >= 11 is 0. The van der Waals surface area contributed by atoms with Gasteiger partial charge < -0.3 is 23.7 Å². The van der Waals surface area contributed by atoms with Crippen molar-refractivity contribution in [3.05, 3.63) is 0 Å². The van der Waals surface area contributed by atoms with E-state index in [1.165, 1.54) is 0 Å². The molecule has 0 spiro atoms. The minimum atomic E-state index is -1.94. The molecule has 0 amide bonds. The molecule has 40 heavy (non-hydrogen) atoms. The second-order valence-electron chi connectivity index (χ2n) is 8.77. The summed E-state index contributed by atoms with van der Waals surface area (Å²) in [6.07, 6.45) is -9.30. The Bertz CT molecular complexity index is 959. The van der Waals surface area contributed by atoms with Crippen LogP contribution in [0.5, 0.6) is 0 Å². The highest BCUT2D eigenvalue weighted by Gasteiger charge is 2.40. The van der Waals surface area contributed by atoms with E-state index in [4.69, 9.17) is 23.7 Å². The first-order chi connectivity index (χ1) is 18.5. The Morgan fingerprint density at radius 2 is 0.650 bits per heavy atom. The molecular weight excluding hydrogens is 540 g/mol. The molecule has 222 valence electrons. The standard InChI is InChI=1S/C25H32O15/c1-13(26)6-20(31)36-11-18(38-22(33)8-15(3)28)25(40-24(35)10-17(5)30)19(39-23(34)9-16(4)29)12-37-21(32)7-14(2)27/h18-19,25H,6-12H2,1-5H3/t18-,19+,25?. The van der Waals surface area contributed by atoms with Gasteiger partial charge in [0.15, 0.2) is 18.3 Å². The number of Topliss-reactive ketones (excluding diaryl/α,β-unsaturated/α-hetero) is 5. The average Bonchev–Trinajstić information content (AvgIpc) is 2.75. The highest BCUT2D eigenvalue weighted by atomic mass is 16.6. The van der Waals surface area contributed by atoms with Gasteiger partial charge in [-0.05, 0) is 34.6 Å². The Labute approximate surface area is 229 Å². The second-order valence-corrected chi connectivity index (χ2v) is 8.77. The minimum Gasteiger partial charge on any atom is -0.461 e. The normalized spacial score (nSPS) is 12.5. The SMILES string of the molecule is CC(=O)CC(=O)OC[C@H](OC(=O)CC(C)=O)C(OC(=O)CC(C)=O)[C@@H](COC(=O)CC(C)=O)OC(=O)CC(C)=O. The van der Waals surface area contributed by atoms with Crippen molar-refractivity contribution in [2.75, 3.05) is 13.2 Å². The monoisotopic (exact) mass is 572 g/mol. The van der Waals surface area contributed by atoms with Gasteiger partial charge >= 0.3 is 29.8 Å². The maximum absolute atomic E-state index is 12.4. The molecule has 0 N–H and O–H groups in total. The smallest absolute Gasteiger partial charge is 0.313 e. The van der Waals surface area contributed by atoms with Gasteiger partial charge in [0, 0.05) is 0 Å². The predicted octanol–water partition coefficient (Wildman–Crippen LogP) is -0.296. The number of hydrogen-bond acceptors (Lipinski definition) is 15. The third-order valence-corrected chi connectivity index (χ3v) is 4.35. The zero-order valence-electron chi connectivity index (χ0n) is 22.8. The predicted molar refractivity (Wildman–Crippen MR) is 128 cm³/mol. The molecule has 0 bridgehead atoms. The van der Waals surface area contributed by atoms with Crippen LogP contribution < -0.4 is 0 Å². The molecule has 0 saturated carbocycles. The van der Waals surface area contributed by atoms with E-state index < -0.39 is 122 Å². The van der Waals surface area contributed by atoms with E-state index in [1.54, 1.807) is 0 Å². The van der Waals surface area contributed by atoms with Crippen LogP contribution in [0.25, 0.3) is 0 Å². The molecule has 0 aromatic carbocycles. The Morgan fingerprint density at radius 1 is 0.400 bits per heavy atom. The van der Waals surface area contributed by atoms with Crippen LogP contribution in [0.4, 0.5) is 0 Å². The Hall–Kier alpha value is -4.30. The van der Waals surface area contributed by atoms with E-state index in [9.17, 15) is 47.9 Å². The lowest BCUT2D eigenvalue weighted by atomic mass is 10.1. The molecule has 0 aliphatic carbocycles. The highest BCUT2D eigenvalue weighted by molar-refractivity contribution is 5.96. The van der Waals surface area contributed by atoms with Crippen molar-refractivity contribution >= 4 is 58.8 Å². The summed E-state index contributed by atoms with van der Waals surface area (Å²) in [4.78, 5) is 118. The average molecular weight is 573 g/mol. The lowest BCUT2D eigenvalue weighted by Gasteiger charge is -2.32. The first-order valence-electron chi connectivity index (χ1n) is 11.9. The van der Waals surface area contributed by atoms with Crippen LogP contribution >= 0.6 is 0 Å². The van der Waals surface area contributed by atoms with Gasteiger partial charge in [-0.25, -0.2) is 0 Å². The van der Waals surface area contributed by atoms with E-state index in [2.05, 4.69) is 0 Å². The van der Waals surface area contributed by atoms with Crippen molar-refractivity contribution in [3.63, 3.8) is 0 Å². The molecule has 0 rings (SSSR count). The molecule has 0 saturated heterocycles. The summed E-state index contributed by atoms with van der Waals surface area (Å²) in [7, 11) is 0. The van der Waals surface area contributed by atoms with E-state index >= 15 is 0 Å². The summed E-state index contributed by atoms with van der Waals surface area (Å²) in [6, 6.07) is 0. The number of carbonyl (C=O) groups excluding carboxylic acids is 10. The van der Waals surface area contributed by atoms with Gasteiger partial charge in [-0.3, -0.25) is 47.9 Å². The maximum atomic E-state index is 12.4.